The molecule has 2 nitrogen and oxygen atoms in total. The summed E-state index contributed by atoms with van der Waals surface area (Å²) in [6.07, 6.45) is 7.39. The van der Waals surface area contributed by atoms with E-state index < -0.39 is 0 Å². The predicted octanol–water partition coefficient (Wildman–Crippen LogP) is 4.70. The summed E-state index contributed by atoms with van der Waals surface area (Å²) in [5.74, 6) is 0. The average Bonchev–Trinajstić information content (AvgIpc) is 3.26. The van der Waals surface area contributed by atoms with Crippen LogP contribution in [0.2, 0.25) is 0 Å². The first-order valence-electron chi connectivity index (χ1n) is 7.77. The standard InChI is InChI=1S/C6H5.2C4H8O.C4H9.Zn/c1-2-4-6-5-3-1;2*1-2-4-5-3-1;1-3-4-2;/h1-5H;2*1-4H2;1,3-4H2,2H3;/q-1;;;-1;+2. The van der Waals surface area contributed by atoms with E-state index in [1.54, 1.807) is 0 Å². The molecule has 1 aromatic carbocycles. The van der Waals surface area contributed by atoms with Crippen molar-refractivity contribution in [2.75, 3.05) is 26.4 Å². The Balaban J connectivity index is 0. The molecule has 116 valence electrons. The molecule has 2 saturated heterocycles. The van der Waals surface area contributed by atoms with Crippen molar-refractivity contribution in [3.8, 4) is 0 Å². The minimum Gasteiger partial charge on any atom is -0.381 e. The van der Waals surface area contributed by atoms with Gasteiger partial charge in [0.25, 0.3) is 0 Å². The first kappa shape index (κ1) is 23.0. The summed E-state index contributed by atoms with van der Waals surface area (Å²) < 4.78 is 9.89. The van der Waals surface area contributed by atoms with Crippen molar-refractivity contribution in [2.24, 2.45) is 0 Å². The Morgan fingerprint density at radius 3 is 1.33 bits per heavy atom. The average molecular weight is 344 g/mol. The van der Waals surface area contributed by atoms with E-state index in [4.69, 9.17) is 9.47 Å². The fraction of sp³-hybridized carbons (Fsp3) is 0.611. The summed E-state index contributed by atoms with van der Waals surface area (Å²) in [4.78, 5) is 0. The summed E-state index contributed by atoms with van der Waals surface area (Å²) in [6.45, 7) is 9.72. The van der Waals surface area contributed by atoms with Crippen molar-refractivity contribution >= 4 is 0 Å². The fourth-order valence-corrected chi connectivity index (χ4v) is 1.36. The minimum absolute atomic E-state index is 0. The van der Waals surface area contributed by atoms with Gasteiger partial charge in [0, 0.05) is 26.4 Å². The molecular formula is C18H30O2Zn. The van der Waals surface area contributed by atoms with Crippen LogP contribution in [0.5, 0.6) is 0 Å². The summed E-state index contributed by atoms with van der Waals surface area (Å²) in [5.41, 5.74) is 0. The van der Waals surface area contributed by atoms with E-state index in [-0.39, 0.29) is 19.5 Å². The van der Waals surface area contributed by atoms with E-state index in [1.165, 1.54) is 32.1 Å². The van der Waals surface area contributed by atoms with Gasteiger partial charge < -0.3 is 16.4 Å². The maximum absolute atomic E-state index is 4.94. The Hall–Kier alpha value is -0.237. The zero-order valence-electron chi connectivity index (χ0n) is 13.7. The molecule has 2 aliphatic heterocycles. The molecule has 2 aliphatic rings. The number of hydrogen-bond acceptors (Lipinski definition) is 2. The number of unbranched alkanes of at least 4 members (excludes halogenated alkanes) is 1. The molecule has 0 unspecified atom stereocenters. The van der Waals surface area contributed by atoms with Crippen molar-refractivity contribution in [1.29, 1.82) is 0 Å². The molecule has 0 atom stereocenters. The van der Waals surface area contributed by atoms with Crippen LogP contribution in [0.25, 0.3) is 0 Å². The second-order valence-corrected chi connectivity index (χ2v) is 4.57. The van der Waals surface area contributed by atoms with Gasteiger partial charge in [-0.05, 0) is 25.7 Å². The maximum atomic E-state index is 4.94. The third-order valence-electron chi connectivity index (χ3n) is 2.62. The van der Waals surface area contributed by atoms with Crippen molar-refractivity contribution in [3.63, 3.8) is 0 Å². The van der Waals surface area contributed by atoms with Crippen LogP contribution >= 0.6 is 0 Å². The van der Waals surface area contributed by atoms with Gasteiger partial charge in [0.1, 0.15) is 0 Å². The van der Waals surface area contributed by atoms with Crippen molar-refractivity contribution in [3.05, 3.63) is 43.3 Å². The second kappa shape index (κ2) is 22.1. The zero-order valence-corrected chi connectivity index (χ0v) is 16.7. The molecule has 0 N–H and O–H groups in total. The monoisotopic (exact) mass is 342 g/mol. The molecule has 0 radical (unpaired) electrons. The molecule has 0 bridgehead atoms. The van der Waals surface area contributed by atoms with Crippen molar-refractivity contribution < 1.29 is 29.0 Å². The van der Waals surface area contributed by atoms with Gasteiger partial charge in [0.05, 0.1) is 0 Å². The van der Waals surface area contributed by atoms with Crippen LogP contribution < -0.4 is 0 Å². The van der Waals surface area contributed by atoms with Gasteiger partial charge in [-0.3, -0.25) is 0 Å². The Bertz CT molecular complexity index is 193. The van der Waals surface area contributed by atoms with Gasteiger partial charge >= 0.3 is 19.5 Å². The number of ether oxygens (including phenoxy) is 2. The van der Waals surface area contributed by atoms with E-state index in [9.17, 15) is 0 Å². The molecule has 2 heterocycles. The Kier molecular flexibility index (Phi) is 24.2. The number of hydrogen-bond donors (Lipinski definition) is 0. The summed E-state index contributed by atoms with van der Waals surface area (Å²) in [5, 5.41) is 0. The van der Waals surface area contributed by atoms with E-state index in [1.807, 2.05) is 30.3 Å². The van der Waals surface area contributed by atoms with Gasteiger partial charge in [-0.1, -0.05) is 13.3 Å². The smallest absolute Gasteiger partial charge is 0.381 e. The molecule has 0 aromatic heterocycles. The fourth-order valence-electron chi connectivity index (χ4n) is 1.36. The van der Waals surface area contributed by atoms with Crippen LogP contribution in [0.15, 0.2) is 30.3 Å². The Morgan fingerprint density at radius 1 is 0.857 bits per heavy atom. The third-order valence-corrected chi connectivity index (χ3v) is 2.62. The SMILES string of the molecule is C1CCOC1.C1CCOC1.[CH2-]CCC.[Zn+2].[c-]1ccccc1. The first-order chi connectivity index (χ1) is 9.91. The van der Waals surface area contributed by atoms with Gasteiger partial charge in [-0.25, -0.2) is 0 Å². The largest absolute Gasteiger partial charge is 2.00 e. The van der Waals surface area contributed by atoms with Gasteiger partial charge in [0.15, 0.2) is 0 Å². The van der Waals surface area contributed by atoms with Crippen LogP contribution in [0, 0.1) is 13.0 Å². The molecule has 0 amide bonds. The van der Waals surface area contributed by atoms with Crippen molar-refractivity contribution in [2.45, 2.75) is 45.4 Å². The van der Waals surface area contributed by atoms with Crippen LogP contribution in [0.3, 0.4) is 0 Å². The summed E-state index contributed by atoms with van der Waals surface area (Å²) in [7, 11) is 0. The molecule has 3 heteroatoms. The Morgan fingerprint density at radius 2 is 1.24 bits per heavy atom. The normalized spacial score (nSPS) is 15.1. The molecule has 21 heavy (non-hydrogen) atoms. The molecule has 3 rings (SSSR count). The van der Waals surface area contributed by atoms with Gasteiger partial charge in [0.2, 0.25) is 0 Å². The summed E-state index contributed by atoms with van der Waals surface area (Å²) >= 11 is 0. The molecular weight excluding hydrogens is 314 g/mol. The third kappa shape index (κ3) is 22.2. The quantitative estimate of drug-likeness (QED) is 0.543. The predicted molar refractivity (Wildman–Crippen MR) is 85.6 cm³/mol. The molecule has 0 aliphatic carbocycles. The van der Waals surface area contributed by atoms with E-state index in [0.29, 0.717) is 0 Å². The van der Waals surface area contributed by atoms with Gasteiger partial charge in [-0.2, -0.15) is 42.8 Å². The van der Waals surface area contributed by atoms with E-state index in [2.05, 4.69) is 19.9 Å². The van der Waals surface area contributed by atoms with E-state index >= 15 is 0 Å². The van der Waals surface area contributed by atoms with Gasteiger partial charge in [-0.15, -0.1) is 0 Å². The van der Waals surface area contributed by atoms with Crippen LogP contribution in [-0.4, -0.2) is 26.4 Å². The topological polar surface area (TPSA) is 18.5 Å². The van der Waals surface area contributed by atoms with Crippen molar-refractivity contribution in [1.82, 2.24) is 0 Å². The van der Waals surface area contributed by atoms with Crippen LogP contribution in [0.4, 0.5) is 0 Å². The first-order valence-corrected chi connectivity index (χ1v) is 7.77. The Labute approximate surface area is 144 Å². The second-order valence-electron chi connectivity index (χ2n) is 4.57. The number of rotatable bonds is 1. The molecule has 2 fully saturated rings. The van der Waals surface area contributed by atoms with Crippen LogP contribution in [-0.2, 0) is 29.0 Å². The minimum atomic E-state index is 0. The molecule has 1 aromatic rings. The summed E-state index contributed by atoms with van der Waals surface area (Å²) in [6, 6.07) is 12.5. The molecule has 0 spiro atoms. The molecule has 0 saturated carbocycles. The number of benzene rings is 1. The van der Waals surface area contributed by atoms with Crippen LogP contribution in [0.1, 0.15) is 45.4 Å². The zero-order chi connectivity index (χ0) is 14.7. The maximum Gasteiger partial charge on any atom is 2.00 e. The van der Waals surface area contributed by atoms with E-state index in [0.717, 1.165) is 32.8 Å².